The third kappa shape index (κ3) is 1.87. The van der Waals surface area contributed by atoms with Crippen LogP contribution in [0.5, 0.6) is 0 Å². The molecular weight excluding hydrogens is 174 g/mol. The molecule has 1 N–H and O–H groups in total. The topological polar surface area (TPSA) is 28.2 Å². The second-order valence-electron chi connectivity index (χ2n) is 3.88. The van der Waals surface area contributed by atoms with Gasteiger partial charge in [0, 0.05) is 31.4 Å². The Hall–Kier alpha value is -1.09. The minimum atomic E-state index is 0.540. The normalized spacial score (nSPS) is 22.4. The van der Waals surface area contributed by atoms with E-state index >= 15 is 0 Å². The molecule has 76 valence electrons. The van der Waals surface area contributed by atoms with Crippen molar-refractivity contribution < 1.29 is 0 Å². The van der Waals surface area contributed by atoms with Gasteiger partial charge in [0.2, 0.25) is 0 Å². The lowest BCUT2D eigenvalue weighted by atomic mass is 10.2. The van der Waals surface area contributed by atoms with Gasteiger partial charge in [-0.2, -0.15) is 0 Å². The maximum Gasteiger partial charge on any atom is 0.129 e. The quantitative estimate of drug-likeness (QED) is 0.722. The van der Waals surface area contributed by atoms with E-state index in [-0.39, 0.29) is 0 Å². The van der Waals surface area contributed by atoms with Crippen molar-refractivity contribution in [2.45, 2.75) is 19.9 Å². The van der Waals surface area contributed by atoms with Crippen molar-refractivity contribution in [2.24, 2.45) is 0 Å². The average Bonchev–Trinajstić information content (AvgIpc) is 2.18. The molecule has 0 saturated carbocycles. The molecule has 3 nitrogen and oxygen atoms in total. The molecule has 2 heterocycles. The number of anilines is 1. The number of hydrogen-bond donors (Lipinski definition) is 1. The van der Waals surface area contributed by atoms with Crippen molar-refractivity contribution in [2.75, 3.05) is 24.5 Å². The molecular formula is C11H17N3. The molecule has 1 saturated heterocycles. The second-order valence-corrected chi connectivity index (χ2v) is 3.88. The Bertz CT molecular complexity index is 311. The van der Waals surface area contributed by atoms with Crippen molar-refractivity contribution in [3.63, 3.8) is 0 Å². The largest absolute Gasteiger partial charge is 0.351 e. The number of piperazine rings is 1. The van der Waals surface area contributed by atoms with Crippen LogP contribution in [0.2, 0.25) is 0 Å². The molecule has 1 aliphatic heterocycles. The minimum absolute atomic E-state index is 0.540. The van der Waals surface area contributed by atoms with Gasteiger partial charge in [-0.1, -0.05) is 6.07 Å². The zero-order valence-corrected chi connectivity index (χ0v) is 8.83. The van der Waals surface area contributed by atoms with Gasteiger partial charge in [0.15, 0.2) is 0 Å². The van der Waals surface area contributed by atoms with Gasteiger partial charge in [0.25, 0.3) is 0 Å². The van der Waals surface area contributed by atoms with Crippen LogP contribution in [0, 0.1) is 6.92 Å². The van der Waals surface area contributed by atoms with E-state index in [0.29, 0.717) is 6.04 Å². The molecule has 1 aliphatic rings. The third-order valence-electron chi connectivity index (χ3n) is 2.67. The van der Waals surface area contributed by atoms with Crippen LogP contribution in [0.4, 0.5) is 5.82 Å². The molecule has 0 aliphatic carbocycles. The maximum atomic E-state index is 4.55. The molecule has 0 amide bonds. The van der Waals surface area contributed by atoms with Gasteiger partial charge in [-0.15, -0.1) is 0 Å². The van der Waals surface area contributed by atoms with Crippen LogP contribution in [-0.2, 0) is 0 Å². The predicted molar refractivity (Wildman–Crippen MR) is 58.7 cm³/mol. The fraction of sp³-hybridized carbons (Fsp3) is 0.545. The molecule has 1 atom stereocenters. The monoisotopic (exact) mass is 191 g/mol. The van der Waals surface area contributed by atoms with Gasteiger partial charge in [0.05, 0.1) is 0 Å². The van der Waals surface area contributed by atoms with Crippen molar-refractivity contribution in [1.29, 1.82) is 0 Å². The molecule has 0 radical (unpaired) electrons. The number of aryl methyl sites for hydroxylation is 1. The lowest BCUT2D eigenvalue weighted by Gasteiger charge is -2.35. The molecule has 1 aromatic heterocycles. The van der Waals surface area contributed by atoms with Crippen LogP contribution in [0.25, 0.3) is 0 Å². The summed E-state index contributed by atoms with van der Waals surface area (Å²) in [6.07, 6.45) is 0. The molecule has 1 unspecified atom stereocenters. The summed E-state index contributed by atoms with van der Waals surface area (Å²) in [5.74, 6) is 1.11. The van der Waals surface area contributed by atoms with Crippen molar-refractivity contribution >= 4 is 5.82 Å². The number of aromatic nitrogens is 1. The van der Waals surface area contributed by atoms with Gasteiger partial charge in [-0.05, 0) is 26.0 Å². The Balaban J connectivity index is 2.20. The first-order valence-corrected chi connectivity index (χ1v) is 5.18. The molecule has 0 bridgehead atoms. The van der Waals surface area contributed by atoms with E-state index in [1.807, 2.05) is 13.0 Å². The lowest BCUT2D eigenvalue weighted by Crippen LogP contribution is -2.50. The minimum Gasteiger partial charge on any atom is -0.351 e. The number of rotatable bonds is 1. The van der Waals surface area contributed by atoms with Gasteiger partial charge in [0.1, 0.15) is 5.82 Å². The van der Waals surface area contributed by atoms with Crippen molar-refractivity contribution in [3.05, 3.63) is 23.9 Å². The summed E-state index contributed by atoms with van der Waals surface area (Å²) in [7, 11) is 0. The third-order valence-corrected chi connectivity index (χ3v) is 2.67. The summed E-state index contributed by atoms with van der Waals surface area (Å²) in [4.78, 5) is 6.91. The standard InChI is InChI=1S/C11H17N3/c1-9-4-3-5-11(13-9)14-7-6-12-8-10(14)2/h3-5,10,12H,6-8H2,1-2H3. The highest BCUT2D eigenvalue weighted by Crippen LogP contribution is 2.15. The lowest BCUT2D eigenvalue weighted by molar-refractivity contribution is 0.497. The summed E-state index contributed by atoms with van der Waals surface area (Å²) in [6, 6.07) is 6.75. The first-order valence-electron chi connectivity index (χ1n) is 5.18. The molecule has 14 heavy (non-hydrogen) atoms. The number of hydrogen-bond acceptors (Lipinski definition) is 3. The van der Waals surface area contributed by atoms with Crippen LogP contribution in [0.15, 0.2) is 18.2 Å². The van der Waals surface area contributed by atoms with E-state index < -0.39 is 0 Å². The van der Waals surface area contributed by atoms with Crippen molar-refractivity contribution in [3.8, 4) is 0 Å². The Morgan fingerprint density at radius 2 is 2.36 bits per heavy atom. The Morgan fingerprint density at radius 1 is 1.50 bits per heavy atom. The van der Waals surface area contributed by atoms with E-state index in [9.17, 15) is 0 Å². The second kappa shape index (κ2) is 3.96. The zero-order valence-electron chi connectivity index (χ0n) is 8.83. The van der Waals surface area contributed by atoms with Crippen molar-refractivity contribution in [1.82, 2.24) is 10.3 Å². The fourth-order valence-electron chi connectivity index (χ4n) is 1.87. The number of pyridine rings is 1. The van der Waals surface area contributed by atoms with Gasteiger partial charge < -0.3 is 10.2 Å². The number of nitrogens with zero attached hydrogens (tertiary/aromatic N) is 2. The van der Waals surface area contributed by atoms with Crippen LogP contribution in [-0.4, -0.2) is 30.7 Å². The highest BCUT2D eigenvalue weighted by atomic mass is 15.3. The average molecular weight is 191 g/mol. The van der Waals surface area contributed by atoms with E-state index in [1.165, 1.54) is 0 Å². The smallest absolute Gasteiger partial charge is 0.129 e. The van der Waals surface area contributed by atoms with Gasteiger partial charge in [-0.3, -0.25) is 0 Å². The molecule has 0 aromatic carbocycles. The van der Waals surface area contributed by atoms with Crippen LogP contribution in [0.1, 0.15) is 12.6 Å². The summed E-state index contributed by atoms with van der Waals surface area (Å²) in [5, 5.41) is 3.38. The van der Waals surface area contributed by atoms with Crippen LogP contribution < -0.4 is 10.2 Å². The first-order chi connectivity index (χ1) is 6.77. The summed E-state index contributed by atoms with van der Waals surface area (Å²) < 4.78 is 0. The van der Waals surface area contributed by atoms with E-state index in [1.54, 1.807) is 0 Å². The predicted octanol–water partition coefficient (Wildman–Crippen LogP) is 1.19. The van der Waals surface area contributed by atoms with Crippen LogP contribution >= 0.6 is 0 Å². The fourth-order valence-corrected chi connectivity index (χ4v) is 1.87. The first kappa shape index (κ1) is 9.46. The molecule has 2 rings (SSSR count). The highest BCUT2D eigenvalue weighted by Gasteiger charge is 2.18. The number of nitrogens with one attached hydrogen (secondary N) is 1. The summed E-state index contributed by atoms with van der Waals surface area (Å²) >= 11 is 0. The molecule has 3 heteroatoms. The molecule has 1 aromatic rings. The van der Waals surface area contributed by atoms with E-state index in [2.05, 4.69) is 34.3 Å². The Labute approximate surface area is 85.1 Å². The van der Waals surface area contributed by atoms with E-state index in [4.69, 9.17) is 0 Å². The highest BCUT2D eigenvalue weighted by molar-refractivity contribution is 5.41. The van der Waals surface area contributed by atoms with Gasteiger partial charge >= 0.3 is 0 Å². The maximum absolute atomic E-state index is 4.55. The summed E-state index contributed by atoms with van der Waals surface area (Å²) in [5.41, 5.74) is 1.09. The Kier molecular flexibility index (Phi) is 2.68. The zero-order chi connectivity index (χ0) is 9.97. The van der Waals surface area contributed by atoms with E-state index in [0.717, 1.165) is 31.1 Å². The molecule has 0 spiro atoms. The van der Waals surface area contributed by atoms with Gasteiger partial charge in [-0.25, -0.2) is 4.98 Å². The molecule has 1 fully saturated rings. The Morgan fingerprint density at radius 3 is 3.07 bits per heavy atom. The summed E-state index contributed by atoms with van der Waals surface area (Å²) in [6.45, 7) is 7.43. The van der Waals surface area contributed by atoms with Crippen LogP contribution in [0.3, 0.4) is 0 Å². The SMILES string of the molecule is Cc1cccc(N2CCNCC2C)n1.